The van der Waals surface area contributed by atoms with E-state index in [9.17, 15) is 9.59 Å². The fourth-order valence-electron chi connectivity index (χ4n) is 3.58. The maximum absolute atomic E-state index is 12.8. The van der Waals surface area contributed by atoms with E-state index in [1.54, 1.807) is 19.7 Å². The number of allylic oxidation sites excluding steroid dienone is 3. The minimum absolute atomic E-state index is 0.0925. The minimum Gasteiger partial charge on any atom is -0.497 e. The first kappa shape index (κ1) is 30.8. The van der Waals surface area contributed by atoms with Gasteiger partial charge in [0, 0.05) is 47.8 Å². The number of esters is 1. The van der Waals surface area contributed by atoms with Crippen LogP contribution in [0.15, 0.2) is 47.5 Å². The van der Waals surface area contributed by atoms with Gasteiger partial charge in [-0.15, -0.1) is 0 Å². The highest BCUT2D eigenvalue weighted by Gasteiger charge is 2.27. The summed E-state index contributed by atoms with van der Waals surface area (Å²) in [5.41, 5.74) is 3.86. The summed E-state index contributed by atoms with van der Waals surface area (Å²) in [6, 6.07) is 6.77. The number of nitrogens with zero attached hydrogens (tertiary/aromatic N) is 1. The molecular formula is C28H37BrClNO4. The predicted octanol–water partition coefficient (Wildman–Crippen LogP) is 6.64. The van der Waals surface area contributed by atoms with Gasteiger partial charge in [0.05, 0.1) is 14.2 Å². The normalized spacial score (nSPS) is 13.0. The topological polar surface area (TPSA) is 55.8 Å². The number of halogens is 2. The molecule has 1 aromatic rings. The molecule has 0 aliphatic rings. The zero-order valence-electron chi connectivity index (χ0n) is 21.2. The summed E-state index contributed by atoms with van der Waals surface area (Å²) in [5.74, 6) is 3.60. The number of hydrogen-bond acceptors (Lipinski definition) is 4. The highest BCUT2D eigenvalue weighted by atomic mass is 79.9. The third-order valence-electron chi connectivity index (χ3n) is 5.85. The third-order valence-corrected chi connectivity index (χ3v) is 6.44. The second-order valence-corrected chi connectivity index (χ2v) is 9.09. The lowest BCUT2D eigenvalue weighted by atomic mass is 9.98. The van der Waals surface area contributed by atoms with Crippen molar-refractivity contribution in [3.8, 4) is 16.5 Å². The van der Waals surface area contributed by atoms with Crippen molar-refractivity contribution in [3.63, 3.8) is 0 Å². The molecule has 192 valence electrons. The molecule has 0 unspecified atom stereocenters. The van der Waals surface area contributed by atoms with Crippen molar-refractivity contribution in [2.45, 2.75) is 64.3 Å². The lowest BCUT2D eigenvalue weighted by molar-refractivity contribution is -0.151. The lowest BCUT2D eigenvalue weighted by Crippen LogP contribution is -2.44. The molecule has 0 N–H and O–H groups in total. The van der Waals surface area contributed by atoms with Crippen LogP contribution in [0.1, 0.15) is 57.4 Å². The molecule has 0 aliphatic heterocycles. The van der Waals surface area contributed by atoms with Gasteiger partial charge < -0.3 is 14.4 Å². The fraction of sp³-hybridized carbons (Fsp3) is 0.500. The minimum atomic E-state index is -0.676. The standard InChI is InChI=1S/C28H37BrClNO4/c1-22(13-14-24(21-30)11-6-5-9-19-29)10-7-8-12-27(32)31(2)26(28(33)35-4)20-23-15-17-25(34-3)18-16-23/h7,10,15-18,21-22,26H,5-6,8,11-14,20H2,1-4H3/t22-,26-/m0/s1. The Morgan fingerprint density at radius 2 is 1.89 bits per heavy atom. The average Bonchev–Trinajstić information content (AvgIpc) is 2.88. The number of rotatable bonds is 15. The number of likely N-dealkylation sites (N-methyl/N-ethyl adjacent to an activating group) is 1. The quantitative estimate of drug-likeness (QED) is 0.103. The smallest absolute Gasteiger partial charge is 0.328 e. The van der Waals surface area contributed by atoms with Gasteiger partial charge in [0.15, 0.2) is 0 Å². The van der Waals surface area contributed by atoms with Crippen LogP contribution in [0.5, 0.6) is 5.75 Å². The van der Waals surface area contributed by atoms with Crippen LogP contribution in [-0.2, 0) is 20.7 Å². The molecule has 35 heavy (non-hydrogen) atoms. The van der Waals surface area contributed by atoms with E-state index >= 15 is 0 Å². The monoisotopic (exact) mass is 565 g/mol. The van der Waals surface area contributed by atoms with Crippen LogP contribution < -0.4 is 4.74 Å². The molecule has 0 aromatic heterocycles. The molecular weight excluding hydrogens is 530 g/mol. The zero-order valence-corrected chi connectivity index (χ0v) is 23.5. The van der Waals surface area contributed by atoms with E-state index in [2.05, 4.69) is 39.7 Å². The summed E-state index contributed by atoms with van der Waals surface area (Å²) in [6.07, 6.45) is 10.3. The van der Waals surface area contributed by atoms with Gasteiger partial charge in [0.25, 0.3) is 0 Å². The Bertz CT molecular complexity index is 902. The third kappa shape index (κ3) is 12.3. The molecule has 2 atom stereocenters. The first-order chi connectivity index (χ1) is 16.9. The number of amides is 1. The van der Waals surface area contributed by atoms with Crippen molar-refractivity contribution in [1.29, 1.82) is 0 Å². The van der Waals surface area contributed by atoms with E-state index in [4.69, 9.17) is 21.1 Å². The van der Waals surface area contributed by atoms with Crippen LogP contribution in [0.3, 0.4) is 0 Å². The predicted molar refractivity (Wildman–Crippen MR) is 147 cm³/mol. The summed E-state index contributed by atoms with van der Waals surface area (Å²) >= 11 is 9.08. The highest BCUT2D eigenvalue weighted by molar-refractivity contribution is 9.12. The molecule has 7 heteroatoms. The van der Waals surface area contributed by atoms with E-state index in [1.807, 2.05) is 30.3 Å². The van der Waals surface area contributed by atoms with Crippen LogP contribution in [-0.4, -0.2) is 44.1 Å². The Kier molecular flexibility index (Phi) is 15.9. The molecule has 1 aromatic carbocycles. The van der Waals surface area contributed by atoms with Crippen LogP contribution >= 0.6 is 27.5 Å². The van der Waals surface area contributed by atoms with Gasteiger partial charge in [-0.2, -0.15) is 0 Å². The van der Waals surface area contributed by atoms with E-state index in [0.717, 1.165) is 43.4 Å². The van der Waals surface area contributed by atoms with Gasteiger partial charge in [0.1, 0.15) is 11.8 Å². The molecule has 0 heterocycles. The number of carbonyl (C=O) groups excluding carboxylic acids is 2. The molecule has 0 spiro atoms. The van der Waals surface area contributed by atoms with Gasteiger partial charge in [-0.05, 0) is 60.5 Å². The van der Waals surface area contributed by atoms with E-state index in [1.165, 1.54) is 17.6 Å². The largest absolute Gasteiger partial charge is 0.497 e. The highest BCUT2D eigenvalue weighted by Crippen LogP contribution is 2.20. The van der Waals surface area contributed by atoms with Crippen molar-refractivity contribution < 1.29 is 19.1 Å². The van der Waals surface area contributed by atoms with E-state index in [0.29, 0.717) is 25.2 Å². The molecule has 0 bridgehead atoms. The Morgan fingerprint density at radius 3 is 2.49 bits per heavy atom. The summed E-state index contributed by atoms with van der Waals surface area (Å²) in [6.45, 7) is 2.16. The summed E-state index contributed by atoms with van der Waals surface area (Å²) < 4.78 is 10.1. The van der Waals surface area contributed by atoms with Crippen LogP contribution in [0.4, 0.5) is 0 Å². The van der Waals surface area contributed by atoms with Crippen molar-refractivity contribution in [2.75, 3.05) is 21.3 Å². The first-order valence-electron chi connectivity index (χ1n) is 11.9. The van der Waals surface area contributed by atoms with Crippen molar-refractivity contribution >= 4 is 39.4 Å². The molecule has 1 rings (SSSR count). The molecule has 1 amide bonds. The number of carbonyl (C=O) groups is 2. The fourth-order valence-corrected chi connectivity index (χ4v) is 4.00. The Balaban J connectivity index is 2.52. The zero-order chi connectivity index (χ0) is 26.1. The number of unbranched alkanes of at least 4 members (excludes halogenated alkanes) is 1. The summed E-state index contributed by atoms with van der Waals surface area (Å²) in [7, 11) is 4.60. The van der Waals surface area contributed by atoms with Gasteiger partial charge in [0.2, 0.25) is 5.91 Å². The van der Waals surface area contributed by atoms with E-state index in [-0.39, 0.29) is 5.91 Å². The van der Waals surface area contributed by atoms with Crippen molar-refractivity contribution in [1.82, 2.24) is 4.90 Å². The van der Waals surface area contributed by atoms with Gasteiger partial charge in [-0.25, -0.2) is 4.79 Å². The number of hydrogen-bond donors (Lipinski definition) is 0. The van der Waals surface area contributed by atoms with Gasteiger partial charge >= 0.3 is 5.97 Å². The number of methoxy groups -OCH3 is 2. The second-order valence-electron chi connectivity index (χ2n) is 8.47. The molecule has 0 saturated carbocycles. The van der Waals surface area contributed by atoms with Crippen LogP contribution in [0, 0.1) is 16.7 Å². The number of ether oxygens (including phenoxy) is 2. The molecule has 0 aliphatic carbocycles. The number of benzene rings is 1. The van der Waals surface area contributed by atoms with Gasteiger partial charge in [-0.3, -0.25) is 4.79 Å². The molecule has 0 radical (unpaired) electrons. The molecule has 0 fully saturated rings. The average molecular weight is 567 g/mol. The second kappa shape index (κ2) is 18.1. The Morgan fingerprint density at radius 1 is 1.17 bits per heavy atom. The maximum atomic E-state index is 12.8. The lowest BCUT2D eigenvalue weighted by Gasteiger charge is -2.26. The first-order valence-corrected chi connectivity index (χ1v) is 13.1. The van der Waals surface area contributed by atoms with Crippen molar-refractivity contribution in [3.05, 3.63) is 53.1 Å². The Labute approximate surface area is 224 Å². The summed E-state index contributed by atoms with van der Waals surface area (Å²) in [4.78, 5) is 29.4. The Hall–Kier alpha value is -2.23. The molecule has 0 saturated heterocycles. The van der Waals surface area contributed by atoms with Gasteiger partial charge in [-0.1, -0.05) is 54.3 Å². The maximum Gasteiger partial charge on any atom is 0.328 e. The molecule has 5 nitrogen and oxygen atoms in total. The van der Waals surface area contributed by atoms with Crippen LogP contribution in [0.2, 0.25) is 0 Å². The van der Waals surface area contributed by atoms with Crippen molar-refractivity contribution in [2.24, 2.45) is 5.92 Å². The van der Waals surface area contributed by atoms with E-state index < -0.39 is 12.0 Å². The van der Waals surface area contributed by atoms with Crippen LogP contribution in [0.25, 0.3) is 0 Å². The SMILES string of the molecule is COC(=O)[C@H](Cc1ccc(OC)cc1)N(C)C(=O)CCC=C[C@H](C)CCC(=CCl)CCCC#CBr. The summed E-state index contributed by atoms with van der Waals surface area (Å²) in [5, 5.41) is 0.